The van der Waals surface area contributed by atoms with Gasteiger partial charge in [0, 0.05) is 43.8 Å². The van der Waals surface area contributed by atoms with Gasteiger partial charge in [-0.05, 0) is 17.7 Å². The van der Waals surface area contributed by atoms with Crippen LogP contribution in [0.3, 0.4) is 0 Å². The van der Waals surface area contributed by atoms with Crippen molar-refractivity contribution in [1.82, 2.24) is 4.98 Å². The highest BCUT2D eigenvalue weighted by molar-refractivity contribution is 5.98. The Hall–Kier alpha value is -3.16. The maximum atomic E-state index is 12.5. The fourth-order valence-corrected chi connectivity index (χ4v) is 2.89. The van der Waals surface area contributed by atoms with Gasteiger partial charge in [0.05, 0.1) is 4.92 Å². The van der Waals surface area contributed by atoms with Gasteiger partial charge < -0.3 is 14.5 Å². The van der Waals surface area contributed by atoms with Crippen LogP contribution >= 0.6 is 0 Å². The summed E-state index contributed by atoms with van der Waals surface area (Å²) in [5, 5.41) is 10.8. The SMILES string of the molecule is CC1(C)OC(=O)C(C(c2ccc([N+](=O)[O-])cc2)c2ccc[nH]2)C(=O)O1. The number of esters is 2. The number of hydrogen-bond acceptors (Lipinski definition) is 6. The van der Waals surface area contributed by atoms with Gasteiger partial charge in [0.25, 0.3) is 11.5 Å². The quantitative estimate of drug-likeness (QED) is 0.395. The van der Waals surface area contributed by atoms with E-state index in [1.807, 2.05) is 0 Å². The average molecular weight is 344 g/mol. The molecule has 1 aliphatic rings. The molecule has 1 saturated heterocycles. The Balaban J connectivity index is 2.03. The molecule has 8 heteroatoms. The van der Waals surface area contributed by atoms with E-state index in [4.69, 9.17) is 9.47 Å². The Morgan fingerprint density at radius 2 is 1.72 bits per heavy atom. The van der Waals surface area contributed by atoms with E-state index in [2.05, 4.69) is 4.98 Å². The highest BCUT2D eigenvalue weighted by atomic mass is 16.7. The summed E-state index contributed by atoms with van der Waals surface area (Å²) in [5.74, 6) is -4.61. The molecule has 0 bridgehead atoms. The zero-order chi connectivity index (χ0) is 18.2. The van der Waals surface area contributed by atoms with Crippen molar-refractivity contribution in [3.8, 4) is 0 Å². The van der Waals surface area contributed by atoms with Crippen LogP contribution in [0.4, 0.5) is 5.69 Å². The van der Waals surface area contributed by atoms with Gasteiger partial charge in [-0.25, -0.2) is 0 Å². The van der Waals surface area contributed by atoms with Crippen molar-refractivity contribution in [3.05, 3.63) is 64.0 Å². The summed E-state index contributed by atoms with van der Waals surface area (Å²) in [5.41, 5.74) is 1.09. The van der Waals surface area contributed by atoms with E-state index in [0.717, 1.165) is 0 Å². The van der Waals surface area contributed by atoms with E-state index in [1.165, 1.54) is 38.1 Å². The van der Waals surface area contributed by atoms with Crippen molar-refractivity contribution in [2.75, 3.05) is 0 Å². The molecule has 1 N–H and O–H groups in total. The van der Waals surface area contributed by atoms with Crippen molar-refractivity contribution < 1.29 is 24.0 Å². The first-order valence-corrected chi connectivity index (χ1v) is 7.62. The van der Waals surface area contributed by atoms with Gasteiger partial charge in [-0.15, -0.1) is 0 Å². The summed E-state index contributed by atoms with van der Waals surface area (Å²) < 4.78 is 10.4. The Bertz CT molecular complexity index is 790. The number of H-pyrrole nitrogens is 1. The Labute approximate surface area is 142 Å². The Kier molecular flexibility index (Phi) is 4.03. The van der Waals surface area contributed by atoms with Gasteiger partial charge in [-0.3, -0.25) is 19.7 Å². The second-order valence-electron chi connectivity index (χ2n) is 6.17. The molecule has 0 saturated carbocycles. The number of rotatable bonds is 4. The van der Waals surface area contributed by atoms with E-state index in [1.54, 1.807) is 18.3 Å². The van der Waals surface area contributed by atoms with Crippen LogP contribution < -0.4 is 0 Å². The number of hydrogen-bond donors (Lipinski definition) is 1. The van der Waals surface area contributed by atoms with Crippen molar-refractivity contribution in [2.24, 2.45) is 5.92 Å². The molecule has 0 amide bonds. The molecule has 130 valence electrons. The largest absolute Gasteiger partial charge is 0.422 e. The minimum Gasteiger partial charge on any atom is -0.422 e. The second kappa shape index (κ2) is 6.04. The number of aromatic amines is 1. The topological polar surface area (TPSA) is 112 Å². The first kappa shape index (κ1) is 16.7. The number of nitro benzene ring substituents is 1. The van der Waals surface area contributed by atoms with E-state index in [9.17, 15) is 19.7 Å². The molecular weight excluding hydrogens is 328 g/mol. The highest BCUT2D eigenvalue weighted by Crippen LogP contribution is 2.37. The van der Waals surface area contributed by atoms with Crippen molar-refractivity contribution >= 4 is 17.6 Å². The first-order chi connectivity index (χ1) is 11.8. The van der Waals surface area contributed by atoms with Gasteiger partial charge in [-0.1, -0.05) is 12.1 Å². The number of carbonyl (C=O) groups excluding carboxylic acids is 2. The lowest BCUT2D eigenvalue weighted by Gasteiger charge is -2.35. The Morgan fingerprint density at radius 3 is 2.20 bits per heavy atom. The van der Waals surface area contributed by atoms with Crippen molar-refractivity contribution in [1.29, 1.82) is 0 Å². The molecule has 25 heavy (non-hydrogen) atoms. The maximum absolute atomic E-state index is 12.5. The molecule has 1 aromatic carbocycles. The molecule has 0 aliphatic carbocycles. The number of cyclic esters (lactones) is 2. The number of benzene rings is 1. The molecular formula is C17H16N2O6. The third kappa shape index (κ3) is 3.23. The van der Waals surface area contributed by atoms with E-state index in [-0.39, 0.29) is 5.69 Å². The fraction of sp³-hybridized carbons (Fsp3) is 0.294. The normalized spacial score (nSPS) is 18.3. The predicted octanol–water partition coefficient (Wildman–Crippen LogP) is 2.51. The molecule has 0 radical (unpaired) electrons. The zero-order valence-corrected chi connectivity index (χ0v) is 13.6. The van der Waals surface area contributed by atoms with Crippen LogP contribution in [0.5, 0.6) is 0 Å². The maximum Gasteiger partial charge on any atom is 0.324 e. The summed E-state index contributed by atoms with van der Waals surface area (Å²) in [7, 11) is 0. The molecule has 1 aromatic heterocycles. The number of carbonyl (C=O) groups is 2. The lowest BCUT2D eigenvalue weighted by atomic mass is 9.83. The van der Waals surface area contributed by atoms with Crippen LogP contribution in [-0.2, 0) is 19.1 Å². The number of aromatic nitrogens is 1. The fourth-order valence-electron chi connectivity index (χ4n) is 2.89. The van der Waals surface area contributed by atoms with Crippen molar-refractivity contribution in [2.45, 2.75) is 25.6 Å². The van der Waals surface area contributed by atoms with Gasteiger partial charge in [0.15, 0.2) is 5.92 Å². The minimum absolute atomic E-state index is 0.0797. The van der Waals surface area contributed by atoms with Crippen LogP contribution in [0.25, 0.3) is 0 Å². The number of nitrogens with zero attached hydrogens (tertiary/aromatic N) is 1. The van der Waals surface area contributed by atoms with Gasteiger partial charge in [-0.2, -0.15) is 0 Å². The summed E-state index contributed by atoms with van der Waals surface area (Å²) in [6.07, 6.45) is 1.66. The highest BCUT2D eigenvalue weighted by Gasteiger charge is 2.48. The first-order valence-electron chi connectivity index (χ1n) is 7.62. The molecule has 1 fully saturated rings. The molecule has 1 aliphatic heterocycles. The third-order valence-corrected chi connectivity index (χ3v) is 3.95. The number of nitro groups is 1. The van der Waals surface area contributed by atoms with Crippen LogP contribution in [0.1, 0.15) is 31.0 Å². The smallest absolute Gasteiger partial charge is 0.324 e. The standard InChI is InChI=1S/C17H16N2O6/c1-17(2)24-15(20)14(16(21)25-17)13(12-4-3-9-18-12)10-5-7-11(8-6-10)19(22)23/h3-9,13-14,18H,1-2H3. The summed E-state index contributed by atoms with van der Waals surface area (Å²) in [6, 6.07) is 9.15. The third-order valence-electron chi connectivity index (χ3n) is 3.95. The van der Waals surface area contributed by atoms with Crippen LogP contribution in [0.2, 0.25) is 0 Å². The number of nitrogens with one attached hydrogen (secondary N) is 1. The Morgan fingerprint density at radius 1 is 1.12 bits per heavy atom. The minimum atomic E-state index is -1.32. The van der Waals surface area contributed by atoms with Crippen LogP contribution in [-0.4, -0.2) is 27.6 Å². The van der Waals surface area contributed by atoms with Gasteiger partial charge >= 0.3 is 11.9 Å². The van der Waals surface area contributed by atoms with Crippen LogP contribution in [0, 0.1) is 16.0 Å². The second-order valence-corrected chi connectivity index (χ2v) is 6.17. The molecule has 1 atom stereocenters. The number of non-ortho nitro benzene ring substituents is 1. The average Bonchev–Trinajstić information content (AvgIpc) is 3.04. The summed E-state index contributed by atoms with van der Waals surface area (Å²) in [6.45, 7) is 2.96. The van der Waals surface area contributed by atoms with E-state index < -0.39 is 34.5 Å². The molecule has 2 heterocycles. The van der Waals surface area contributed by atoms with Crippen LogP contribution in [0.15, 0.2) is 42.6 Å². The van der Waals surface area contributed by atoms with E-state index >= 15 is 0 Å². The van der Waals surface area contributed by atoms with E-state index in [0.29, 0.717) is 11.3 Å². The zero-order valence-electron chi connectivity index (χ0n) is 13.6. The summed E-state index contributed by atoms with van der Waals surface area (Å²) in [4.78, 5) is 38.2. The summed E-state index contributed by atoms with van der Waals surface area (Å²) >= 11 is 0. The number of ether oxygens (including phenoxy) is 2. The lowest BCUT2D eigenvalue weighted by Crippen LogP contribution is -2.48. The van der Waals surface area contributed by atoms with Gasteiger partial charge in [0.2, 0.25) is 0 Å². The molecule has 2 aromatic rings. The predicted molar refractivity (Wildman–Crippen MR) is 85.5 cm³/mol. The molecule has 0 spiro atoms. The monoisotopic (exact) mass is 344 g/mol. The molecule has 1 unspecified atom stereocenters. The molecule has 8 nitrogen and oxygen atoms in total. The van der Waals surface area contributed by atoms with Gasteiger partial charge in [0.1, 0.15) is 0 Å². The van der Waals surface area contributed by atoms with Crippen molar-refractivity contribution in [3.63, 3.8) is 0 Å². The molecule has 3 rings (SSSR count). The lowest BCUT2D eigenvalue weighted by molar-refractivity contribution is -0.384.